The molecule has 0 aliphatic heterocycles. The van der Waals surface area contributed by atoms with Gasteiger partial charge in [-0.25, -0.2) is 14.8 Å². The first-order valence-corrected chi connectivity index (χ1v) is 9.43. The Morgan fingerprint density at radius 3 is 2.77 bits per heavy atom. The number of ether oxygens (including phenoxy) is 1. The number of esters is 1. The van der Waals surface area contributed by atoms with E-state index in [1.807, 2.05) is 36.6 Å². The van der Waals surface area contributed by atoms with Crippen LogP contribution in [0.2, 0.25) is 0 Å². The molecule has 8 heteroatoms. The largest absolute Gasteiger partial charge is 0.452 e. The first kappa shape index (κ1) is 18.0. The van der Waals surface area contributed by atoms with Gasteiger partial charge in [0.05, 0.1) is 5.69 Å². The van der Waals surface area contributed by atoms with E-state index in [2.05, 4.69) is 15.3 Å². The maximum absolute atomic E-state index is 11.9. The number of carbonyl (C=O) groups excluding carboxylic acids is 2. The molecule has 1 aromatic carbocycles. The van der Waals surface area contributed by atoms with Crippen molar-refractivity contribution in [2.75, 3.05) is 11.9 Å². The predicted octanol–water partition coefficient (Wildman–Crippen LogP) is 3.77. The van der Waals surface area contributed by atoms with Crippen LogP contribution >= 0.6 is 22.7 Å². The average molecular weight is 385 g/mol. The first-order chi connectivity index (χ1) is 12.6. The molecular formula is C18H15N3O3S2. The summed E-state index contributed by atoms with van der Waals surface area (Å²) in [5.41, 5.74) is 2.93. The third kappa shape index (κ3) is 5.08. The highest BCUT2D eigenvalue weighted by Gasteiger charge is 2.10. The summed E-state index contributed by atoms with van der Waals surface area (Å²) in [5, 5.41) is 7.44. The van der Waals surface area contributed by atoms with Gasteiger partial charge in [-0.15, -0.1) is 22.7 Å². The minimum atomic E-state index is -0.602. The molecule has 0 saturated carbocycles. The summed E-state index contributed by atoms with van der Waals surface area (Å²) in [6.07, 6.45) is 4.42. The number of benzene rings is 1. The number of aromatic nitrogens is 2. The molecule has 26 heavy (non-hydrogen) atoms. The van der Waals surface area contributed by atoms with E-state index in [0.29, 0.717) is 10.1 Å². The number of hydrogen-bond acceptors (Lipinski definition) is 7. The SMILES string of the molecule is Cc1ccc(-c2csc(NC(=O)COC(=O)C=Cc3nccs3)n2)cc1. The van der Waals surface area contributed by atoms with Crippen LogP contribution in [0.15, 0.2) is 47.3 Å². The Morgan fingerprint density at radius 2 is 2.04 bits per heavy atom. The van der Waals surface area contributed by atoms with Crippen molar-refractivity contribution in [2.24, 2.45) is 0 Å². The van der Waals surface area contributed by atoms with E-state index >= 15 is 0 Å². The molecule has 0 unspecified atom stereocenters. The zero-order valence-electron chi connectivity index (χ0n) is 13.8. The molecule has 0 spiro atoms. The lowest BCUT2D eigenvalue weighted by atomic mass is 10.1. The van der Waals surface area contributed by atoms with Gasteiger partial charge in [0.1, 0.15) is 5.01 Å². The third-order valence-electron chi connectivity index (χ3n) is 3.26. The van der Waals surface area contributed by atoms with Crippen LogP contribution in [0.1, 0.15) is 10.6 Å². The number of carbonyl (C=O) groups is 2. The summed E-state index contributed by atoms with van der Waals surface area (Å²) in [6, 6.07) is 7.97. The fraction of sp³-hybridized carbons (Fsp3) is 0.111. The Morgan fingerprint density at radius 1 is 1.23 bits per heavy atom. The number of amides is 1. The molecule has 1 amide bonds. The molecule has 0 aliphatic rings. The smallest absolute Gasteiger partial charge is 0.331 e. The first-order valence-electron chi connectivity index (χ1n) is 7.67. The van der Waals surface area contributed by atoms with Gasteiger partial charge in [-0.1, -0.05) is 29.8 Å². The van der Waals surface area contributed by atoms with Gasteiger partial charge in [0.15, 0.2) is 11.7 Å². The van der Waals surface area contributed by atoms with Crippen LogP contribution in [0, 0.1) is 6.92 Å². The fourth-order valence-electron chi connectivity index (χ4n) is 1.98. The van der Waals surface area contributed by atoms with Crippen LogP contribution < -0.4 is 5.32 Å². The molecule has 0 atom stereocenters. The zero-order chi connectivity index (χ0) is 18.4. The second-order valence-electron chi connectivity index (χ2n) is 5.26. The summed E-state index contributed by atoms with van der Waals surface area (Å²) < 4.78 is 4.89. The number of nitrogens with zero attached hydrogens (tertiary/aromatic N) is 2. The number of aryl methyl sites for hydroxylation is 1. The number of nitrogens with one attached hydrogen (secondary N) is 1. The standard InChI is InChI=1S/C18H15N3O3S2/c1-12-2-4-13(5-3-12)14-11-26-18(20-14)21-15(22)10-24-17(23)7-6-16-19-8-9-25-16/h2-9,11H,10H2,1H3,(H,20,21,22). The molecule has 0 saturated heterocycles. The lowest BCUT2D eigenvalue weighted by Crippen LogP contribution is -2.20. The van der Waals surface area contributed by atoms with E-state index in [0.717, 1.165) is 11.3 Å². The minimum absolute atomic E-state index is 0.375. The molecule has 6 nitrogen and oxygen atoms in total. The quantitative estimate of drug-likeness (QED) is 0.516. The van der Waals surface area contributed by atoms with Crippen molar-refractivity contribution < 1.29 is 14.3 Å². The lowest BCUT2D eigenvalue weighted by Gasteiger charge is -2.02. The van der Waals surface area contributed by atoms with Crippen molar-refractivity contribution in [3.05, 3.63) is 57.9 Å². The Kier molecular flexibility index (Phi) is 5.88. The maximum atomic E-state index is 11.9. The molecular weight excluding hydrogens is 370 g/mol. The highest BCUT2D eigenvalue weighted by molar-refractivity contribution is 7.14. The van der Waals surface area contributed by atoms with E-state index in [1.54, 1.807) is 17.7 Å². The fourth-order valence-corrected chi connectivity index (χ4v) is 3.25. The minimum Gasteiger partial charge on any atom is -0.452 e. The van der Waals surface area contributed by atoms with Gasteiger partial charge >= 0.3 is 5.97 Å². The number of hydrogen-bond donors (Lipinski definition) is 1. The van der Waals surface area contributed by atoms with Gasteiger partial charge in [-0.3, -0.25) is 10.1 Å². The highest BCUT2D eigenvalue weighted by Crippen LogP contribution is 2.25. The van der Waals surface area contributed by atoms with Gasteiger partial charge in [0.25, 0.3) is 5.91 Å². The molecule has 2 heterocycles. The van der Waals surface area contributed by atoms with E-state index in [1.165, 1.54) is 34.3 Å². The van der Waals surface area contributed by atoms with Crippen LogP contribution in [0.5, 0.6) is 0 Å². The van der Waals surface area contributed by atoms with Gasteiger partial charge in [-0.05, 0) is 13.0 Å². The Balaban J connectivity index is 1.49. The van der Waals surface area contributed by atoms with Gasteiger partial charge in [0, 0.05) is 28.6 Å². The second-order valence-corrected chi connectivity index (χ2v) is 7.05. The second kappa shape index (κ2) is 8.50. The molecule has 0 bridgehead atoms. The molecule has 0 aliphatic carbocycles. The Hall–Kier alpha value is -2.84. The van der Waals surface area contributed by atoms with Crippen molar-refractivity contribution in [3.8, 4) is 11.3 Å². The van der Waals surface area contributed by atoms with E-state index in [9.17, 15) is 9.59 Å². The van der Waals surface area contributed by atoms with Gasteiger partial charge in [0.2, 0.25) is 0 Å². The normalized spacial score (nSPS) is 10.8. The molecule has 0 fully saturated rings. The Bertz CT molecular complexity index is 916. The average Bonchev–Trinajstić information content (AvgIpc) is 3.31. The highest BCUT2D eigenvalue weighted by atomic mass is 32.1. The van der Waals surface area contributed by atoms with Crippen LogP contribution in [-0.4, -0.2) is 28.5 Å². The molecule has 2 aromatic heterocycles. The third-order valence-corrected chi connectivity index (χ3v) is 4.76. The maximum Gasteiger partial charge on any atom is 0.331 e. The monoisotopic (exact) mass is 385 g/mol. The van der Waals surface area contributed by atoms with Crippen LogP contribution in [0.4, 0.5) is 5.13 Å². The van der Waals surface area contributed by atoms with E-state index < -0.39 is 11.9 Å². The topological polar surface area (TPSA) is 81.2 Å². The van der Waals surface area contributed by atoms with Crippen molar-refractivity contribution >= 4 is 45.8 Å². The van der Waals surface area contributed by atoms with Crippen LogP contribution in [0.3, 0.4) is 0 Å². The molecule has 3 aromatic rings. The molecule has 1 N–H and O–H groups in total. The number of thiazole rings is 2. The zero-order valence-corrected chi connectivity index (χ0v) is 15.5. The summed E-state index contributed by atoms with van der Waals surface area (Å²) >= 11 is 2.72. The molecule has 3 rings (SSSR count). The number of anilines is 1. The summed E-state index contributed by atoms with van der Waals surface area (Å²) in [5.74, 6) is -1.04. The van der Waals surface area contributed by atoms with E-state index in [4.69, 9.17) is 4.74 Å². The van der Waals surface area contributed by atoms with Crippen LogP contribution in [-0.2, 0) is 14.3 Å². The molecule has 0 radical (unpaired) electrons. The van der Waals surface area contributed by atoms with Crippen LogP contribution in [0.25, 0.3) is 17.3 Å². The summed E-state index contributed by atoms with van der Waals surface area (Å²) in [6.45, 7) is 1.64. The van der Waals surface area contributed by atoms with Gasteiger partial charge < -0.3 is 4.74 Å². The number of rotatable bonds is 6. The van der Waals surface area contributed by atoms with Gasteiger partial charge in [-0.2, -0.15) is 0 Å². The predicted molar refractivity (Wildman–Crippen MR) is 103 cm³/mol. The van der Waals surface area contributed by atoms with Crippen molar-refractivity contribution in [3.63, 3.8) is 0 Å². The van der Waals surface area contributed by atoms with E-state index in [-0.39, 0.29) is 6.61 Å². The Labute approximate surface area is 158 Å². The van der Waals surface area contributed by atoms with Crippen molar-refractivity contribution in [2.45, 2.75) is 6.92 Å². The summed E-state index contributed by atoms with van der Waals surface area (Å²) in [4.78, 5) is 31.9. The lowest BCUT2D eigenvalue weighted by molar-refractivity contribution is -0.142. The summed E-state index contributed by atoms with van der Waals surface area (Å²) in [7, 11) is 0. The van der Waals surface area contributed by atoms with Crippen molar-refractivity contribution in [1.82, 2.24) is 9.97 Å². The van der Waals surface area contributed by atoms with Crippen molar-refractivity contribution in [1.29, 1.82) is 0 Å². The molecule has 132 valence electrons.